The van der Waals surface area contributed by atoms with Crippen molar-refractivity contribution < 1.29 is 14.5 Å². The number of hydrogen-bond donors (Lipinski definition) is 2. The summed E-state index contributed by atoms with van der Waals surface area (Å²) in [5.41, 5.74) is 5.04. The second-order valence-corrected chi connectivity index (χ2v) is 4.98. The Morgan fingerprint density at radius 3 is 2.86 bits per heavy atom. The number of likely N-dealkylation sites (tertiary alicyclic amines) is 1. The lowest BCUT2D eigenvalue weighted by atomic mass is 10.0. The van der Waals surface area contributed by atoms with Gasteiger partial charge in [0.1, 0.15) is 11.3 Å². The number of nitrogen functional groups attached to an aromatic ring is 1. The lowest BCUT2D eigenvalue weighted by molar-refractivity contribution is -0.384. The van der Waals surface area contributed by atoms with E-state index in [2.05, 4.69) is 5.32 Å². The number of nitrogens with zero attached hydrogens (tertiary/aromatic N) is 2. The van der Waals surface area contributed by atoms with Gasteiger partial charge in [-0.15, -0.1) is 0 Å². The number of benzene rings is 1. The van der Waals surface area contributed by atoms with Gasteiger partial charge >= 0.3 is 5.69 Å². The van der Waals surface area contributed by atoms with Crippen LogP contribution in [0.2, 0.25) is 0 Å². The SMILES string of the molecule is CN1CC(NC(=O)c2cccc(N)c2[N+](=O)[O-])CCC1=O. The van der Waals surface area contributed by atoms with Crippen LogP contribution in [-0.4, -0.2) is 41.3 Å². The second-order valence-electron chi connectivity index (χ2n) is 4.98. The number of rotatable bonds is 3. The number of para-hydroxylation sites is 1. The van der Waals surface area contributed by atoms with Gasteiger partial charge in [0.15, 0.2) is 0 Å². The van der Waals surface area contributed by atoms with E-state index >= 15 is 0 Å². The Hall–Kier alpha value is -2.64. The topological polar surface area (TPSA) is 119 Å². The van der Waals surface area contributed by atoms with E-state index in [0.29, 0.717) is 19.4 Å². The molecule has 0 aromatic heterocycles. The highest BCUT2D eigenvalue weighted by molar-refractivity contribution is 6.00. The molecule has 0 spiro atoms. The Bertz CT molecular complexity index is 602. The minimum absolute atomic E-state index is 0.0236. The van der Waals surface area contributed by atoms with Gasteiger partial charge in [0.2, 0.25) is 5.91 Å². The highest BCUT2D eigenvalue weighted by Crippen LogP contribution is 2.26. The van der Waals surface area contributed by atoms with Gasteiger partial charge in [-0.2, -0.15) is 0 Å². The first-order valence-electron chi connectivity index (χ1n) is 6.48. The summed E-state index contributed by atoms with van der Waals surface area (Å²) in [7, 11) is 1.66. The molecule has 1 fully saturated rings. The zero-order valence-corrected chi connectivity index (χ0v) is 11.5. The molecule has 1 aromatic carbocycles. The first kappa shape index (κ1) is 14.8. The predicted octanol–water partition coefficient (Wildman–Crippen LogP) is 0.528. The molecule has 8 heteroatoms. The Labute approximate surface area is 121 Å². The van der Waals surface area contributed by atoms with Crippen molar-refractivity contribution in [2.24, 2.45) is 0 Å². The van der Waals surface area contributed by atoms with E-state index in [-0.39, 0.29) is 23.2 Å². The summed E-state index contributed by atoms with van der Waals surface area (Å²) in [6, 6.07) is 4.01. The average molecular weight is 292 g/mol. The third-order valence-corrected chi connectivity index (χ3v) is 3.46. The molecule has 0 saturated carbocycles. The standard InChI is InChI=1S/C13H16N4O4/c1-16-7-8(5-6-11(16)18)15-13(19)9-3-2-4-10(14)12(9)17(20)21/h2-4,8H,5-7,14H2,1H3,(H,15,19). The largest absolute Gasteiger partial charge is 0.393 e. The molecule has 1 saturated heterocycles. The van der Waals surface area contributed by atoms with Crippen LogP contribution in [0.5, 0.6) is 0 Å². The van der Waals surface area contributed by atoms with Crippen LogP contribution in [0.15, 0.2) is 18.2 Å². The maximum absolute atomic E-state index is 12.2. The van der Waals surface area contributed by atoms with E-state index in [4.69, 9.17) is 5.73 Å². The van der Waals surface area contributed by atoms with E-state index in [1.54, 1.807) is 7.05 Å². The zero-order valence-electron chi connectivity index (χ0n) is 11.5. The molecular formula is C13H16N4O4. The summed E-state index contributed by atoms with van der Waals surface area (Å²) >= 11 is 0. The van der Waals surface area contributed by atoms with E-state index in [1.807, 2.05) is 0 Å². The van der Waals surface area contributed by atoms with Gasteiger partial charge < -0.3 is 16.0 Å². The lowest BCUT2D eigenvalue weighted by Gasteiger charge is -2.30. The molecule has 1 aliphatic heterocycles. The van der Waals surface area contributed by atoms with Crippen molar-refractivity contribution in [1.29, 1.82) is 0 Å². The smallest absolute Gasteiger partial charge is 0.304 e. The number of piperidine rings is 1. The van der Waals surface area contributed by atoms with E-state index in [9.17, 15) is 19.7 Å². The number of nitrogens with one attached hydrogen (secondary N) is 1. The summed E-state index contributed by atoms with van der Waals surface area (Å²) in [6.45, 7) is 0.390. The van der Waals surface area contributed by atoms with Gasteiger partial charge in [0, 0.05) is 26.1 Å². The van der Waals surface area contributed by atoms with Gasteiger partial charge in [-0.25, -0.2) is 0 Å². The number of carbonyl (C=O) groups is 2. The first-order valence-corrected chi connectivity index (χ1v) is 6.48. The molecule has 8 nitrogen and oxygen atoms in total. The number of likely N-dealkylation sites (N-methyl/N-ethyl adjacent to an activating group) is 1. The summed E-state index contributed by atoms with van der Waals surface area (Å²) in [4.78, 5) is 35.5. The molecule has 0 aliphatic carbocycles. The Kier molecular flexibility index (Phi) is 4.06. The van der Waals surface area contributed by atoms with Crippen LogP contribution in [0.1, 0.15) is 23.2 Å². The van der Waals surface area contributed by atoms with Crippen LogP contribution in [0.4, 0.5) is 11.4 Å². The molecule has 1 unspecified atom stereocenters. The fourth-order valence-corrected chi connectivity index (χ4v) is 2.34. The van der Waals surface area contributed by atoms with Crippen molar-refractivity contribution >= 4 is 23.2 Å². The monoisotopic (exact) mass is 292 g/mol. The Morgan fingerprint density at radius 2 is 2.24 bits per heavy atom. The number of nitrogens with two attached hydrogens (primary N) is 1. The maximum atomic E-state index is 12.2. The number of anilines is 1. The summed E-state index contributed by atoms with van der Waals surface area (Å²) < 4.78 is 0. The van der Waals surface area contributed by atoms with Crippen LogP contribution < -0.4 is 11.1 Å². The summed E-state index contributed by atoms with van der Waals surface area (Å²) in [5.74, 6) is -0.530. The van der Waals surface area contributed by atoms with E-state index < -0.39 is 16.5 Å². The molecule has 0 bridgehead atoms. The molecule has 1 atom stereocenters. The van der Waals surface area contributed by atoms with Gasteiger partial charge in [-0.1, -0.05) is 6.07 Å². The van der Waals surface area contributed by atoms with Crippen LogP contribution in [0, 0.1) is 10.1 Å². The van der Waals surface area contributed by atoms with Crippen LogP contribution in [0.25, 0.3) is 0 Å². The van der Waals surface area contributed by atoms with Gasteiger partial charge in [-0.05, 0) is 18.6 Å². The van der Waals surface area contributed by atoms with E-state index in [1.165, 1.54) is 23.1 Å². The molecular weight excluding hydrogens is 276 g/mol. The van der Waals surface area contributed by atoms with Crippen molar-refractivity contribution in [3.63, 3.8) is 0 Å². The quantitative estimate of drug-likeness (QED) is 0.478. The lowest BCUT2D eigenvalue weighted by Crippen LogP contribution is -2.48. The third-order valence-electron chi connectivity index (χ3n) is 3.46. The second kappa shape index (κ2) is 5.78. The van der Waals surface area contributed by atoms with Crippen LogP contribution in [-0.2, 0) is 4.79 Å². The number of nitro benzene ring substituents is 1. The summed E-state index contributed by atoms with van der Waals surface area (Å²) in [5, 5.41) is 13.7. The highest BCUT2D eigenvalue weighted by atomic mass is 16.6. The third kappa shape index (κ3) is 3.10. The van der Waals surface area contributed by atoms with Crippen LogP contribution in [0.3, 0.4) is 0 Å². The first-order chi connectivity index (χ1) is 9.90. The van der Waals surface area contributed by atoms with E-state index in [0.717, 1.165) is 0 Å². The molecule has 3 N–H and O–H groups in total. The van der Waals surface area contributed by atoms with Crippen molar-refractivity contribution in [2.45, 2.75) is 18.9 Å². The summed E-state index contributed by atoms with van der Waals surface area (Å²) in [6.07, 6.45) is 0.867. The van der Waals surface area contributed by atoms with Gasteiger partial charge in [-0.3, -0.25) is 19.7 Å². The number of hydrogen-bond acceptors (Lipinski definition) is 5. The molecule has 21 heavy (non-hydrogen) atoms. The number of nitro groups is 1. The maximum Gasteiger partial charge on any atom is 0.304 e. The number of carbonyl (C=O) groups excluding carboxylic acids is 2. The molecule has 112 valence electrons. The Balaban J connectivity index is 2.16. The fraction of sp³-hybridized carbons (Fsp3) is 0.385. The number of amides is 2. The molecule has 1 heterocycles. The highest BCUT2D eigenvalue weighted by Gasteiger charge is 2.28. The van der Waals surface area contributed by atoms with Crippen LogP contribution >= 0.6 is 0 Å². The zero-order chi connectivity index (χ0) is 15.6. The molecule has 2 amide bonds. The average Bonchev–Trinajstić information content (AvgIpc) is 2.42. The van der Waals surface area contributed by atoms with Crippen molar-refractivity contribution in [3.8, 4) is 0 Å². The molecule has 0 radical (unpaired) electrons. The van der Waals surface area contributed by atoms with Gasteiger partial charge in [0.05, 0.1) is 4.92 Å². The molecule has 1 aliphatic rings. The van der Waals surface area contributed by atoms with Crippen molar-refractivity contribution in [1.82, 2.24) is 10.2 Å². The van der Waals surface area contributed by atoms with Crippen molar-refractivity contribution in [2.75, 3.05) is 19.3 Å². The minimum atomic E-state index is -0.666. The van der Waals surface area contributed by atoms with Gasteiger partial charge in [0.25, 0.3) is 5.91 Å². The predicted molar refractivity (Wildman–Crippen MR) is 75.6 cm³/mol. The minimum Gasteiger partial charge on any atom is -0.393 e. The fourth-order valence-electron chi connectivity index (χ4n) is 2.34. The van der Waals surface area contributed by atoms with Crippen molar-refractivity contribution in [3.05, 3.63) is 33.9 Å². The Morgan fingerprint density at radius 1 is 1.52 bits per heavy atom. The molecule has 1 aromatic rings. The molecule has 2 rings (SSSR count). The normalized spacial score (nSPS) is 18.4.